The third-order valence-corrected chi connectivity index (χ3v) is 2.89. The van der Waals surface area contributed by atoms with E-state index in [1.165, 1.54) is 5.56 Å². The molecule has 0 aliphatic carbocycles. The molecule has 0 spiro atoms. The maximum atomic E-state index is 5.75. The van der Waals surface area contributed by atoms with Gasteiger partial charge in [-0.25, -0.2) is 0 Å². The van der Waals surface area contributed by atoms with E-state index in [4.69, 9.17) is 9.47 Å². The summed E-state index contributed by atoms with van der Waals surface area (Å²) in [5.41, 5.74) is 2.36. The molecular weight excluding hydrogens is 224 g/mol. The van der Waals surface area contributed by atoms with Gasteiger partial charge in [-0.3, -0.25) is 0 Å². The van der Waals surface area contributed by atoms with Gasteiger partial charge in [-0.1, -0.05) is 43.3 Å². The summed E-state index contributed by atoms with van der Waals surface area (Å²) in [7, 11) is 1.69. The van der Waals surface area contributed by atoms with Crippen LogP contribution in [0.4, 0.5) is 0 Å². The normalized spacial score (nSPS) is 10.1. The molecule has 0 fully saturated rings. The summed E-state index contributed by atoms with van der Waals surface area (Å²) in [6, 6.07) is 16.1. The van der Waals surface area contributed by atoms with Crippen LogP contribution in [0, 0.1) is 0 Å². The molecule has 0 aliphatic heterocycles. The summed E-state index contributed by atoms with van der Waals surface area (Å²) in [4.78, 5) is 0. The first-order valence-electron chi connectivity index (χ1n) is 6.17. The largest absolute Gasteiger partial charge is 0.496 e. The van der Waals surface area contributed by atoms with Gasteiger partial charge in [0.05, 0.1) is 7.11 Å². The Hall–Kier alpha value is -1.96. The maximum absolute atomic E-state index is 5.75. The Bertz CT molecular complexity index is 492. The van der Waals surface area contributed by atoms with Gasteiger partial charge in [-0.05, 0) is 23.6 Å². The number of ether oxygens (including phenoxy) is 2. The van der Waals surface area contributed by atoms with Crippen molar-refractivity contribution >= 4 is 0 Å². The highest BCUT2D eigenvalue weighted by Gasteiger charge is 2.03. The first kappa shape index (κ1) is 12.5. The molecule has 2 aromatic carbocycles. The van der Waals surface area contributed by atoms with Gasteiger partial charge in [0.1, 0.15) is 18.1 Å². The lowest BCUT2D eigenvalue weighted by molar-refractivity contribution is 0.303. The molecule has 0 atom stereocenters. The van der Waals surface area contributed by atoms with Gasteiger partial charge in [0, 0.05) is 6.07 Å². The number of hydrogen-bond donors (Lipinski definition) is 0. The van der Waals surface area contributed by atoms with Crippen molar-refractivity contribution in [3.05, 3.63) is 59.7 Å². The molecule has 0 amide bonds. The maximum Gasteiger partial charge on any atom is 0.125 e. The van der Waals surface area contributed by atoms with Crippen LogP contribution < -0.4 is 9.47 Å². The lowest BCUT2D eigenvalue weighted by Gasteiger charge is -2.10. The van der Waals surface area contributed by atoms with Crippen LogP contribution in [0.1, 0.15) is 18.1 Å². The van der Waals surface area contributed by atoms with Crippen LogP contribution in [0.3, 0.4) is 0 Å². The van der Waals surface area contributed by atoms with Gasteiger partial charge >= 0.3 is 0 Å². The Morgan fingerprint density at radius 3 is 2.44 bits per heavy atom. The van der Waals surface area contributed by atoms with E-state index in [0.717, 1.165) is 23.5 Å². The smallest absolute Gasteiger partial charge is 0.125 e. The van der Waals surface area contributed by atoms with Crippen LogP contribution >= 0.6 is 0 Å². The van der Waals surface area contributed by atoms with Crippen LogP contribution in [0.15, 0.2) is 48.5 Å². The third-order valence-electron chi connectivity index (χ3n) is 2.89. The second-order valence-electron chi connectivity index (χ2n) is 4.10. The minimum absolute atomic E-state index is 0.579. The van der Waals surface area contributed by atoms with E-state index in [2.05, 4.69) is 25.1 Å². The van der Waals surface area contributed by atoms with Crippen LogP contribution in [-0.2, 0) is 13.0 Å². The van der Waals surface area contributed by atoms with E-state index in [9.17, 15) is 0 Å². The zero-order valence-electron chi connectivity index (χ0n) is 10.8. The first-order valence-corrected chi connectivity index (χ1v) is 6.17. The highest BCUT2D eigenvalue weighted by Crippen LogP contribution is 2.25. The van der Waals surface area contributed by atoms with E-state index in [1.807, 2.05) is 30.3 Å². The predicted molar refractivity (Wildman–Crippen MR) is 73.1 cm³/mol. The number of hydrogen-bond acceptors (Lipinski definition) is 2. The highest BCUT2D eigenvalue weighted by molar-refractivity contribution is 5.40. The molecule has 2 rings (SSSR count). The SMILES string of the molecule is CCc1ccc(OCc2ccccc2)cc1OC. The van der Waals surface area contributed by atoms with Crippen LogP contribution in [0.25, 0.3) is 0 Å². The molecule has 0 saturated carbocycles. The molecule has 0 aromatic heterocycles. The minimum Gasteiger partial charge on any atom is -0.496 e. The van der Waals surface area contributed by atoms with E-state index in [-0.39, 0.29) is 0 Å². The lowest BCUT2D eigenvalue weighted by Crippen LogP contribution is -1.97. The Balaban J connectivity index is 2.06. The first-order chi connectivity index (χ1) is 8.83. The van der Waals surface area contributed by atoms with Gasteiger partial charge in [-0.15, -0.1) is 0 Å². The molecule has 0 saturated heterocycles. The molecule has 94 valence electrons. The van der Waals surface area contributed by atoms with Crippen molar-refractivity contribution < 1.29 is 9.47 Å². The average Bonchev–Trinajstić information content (AvgIpc) is 2.45. The molecule has 0 bridgehead atoms. The Labute approximate surface area is 108 Å². The Kier molecular flexibility index (Phi) is 4.24. The molecular formula is C16H18O2. The lowest BCUT2D eigenvalue weighted by atomic mass is 10.1. The molecule has 0 heterocycles. The zero-order valence-corrected chi connectivity index (χ0v) is 10.8. The van der Waals surface area contributed by atoms with E-state index < -0.39 is 0 Å². The van der Waals surface area contributed by atoms with Crippen molar-refractivity contribution in [1.82, 2.24) is 0 Å². The number of rotatable bonds is 5. The van der Waals surface area contributed by atoms with Crippen molar-refractivity contribution in [2.45, 2.75) is 20.0 Å². The van der Waals surface area contributed by atoms with Gasteiger partial charge < -0.3 is 9.47 Å². The number of methoxy groups -OCH3 is 1. The second-order valence-corrected chi connectivity index (χ2v) is 4.10. The summed E-state index contributed by atoms with van der Waals surface area (Å²) in [5, 5.41) is 0. The Morgan fingerprint density at radius 1 is 1.00 bits per heavy atom. The summed E-state index contributed by atoms with van der Waals surface area (Å²) in [5.74, 6) is 1.73. The average molecular weight is 242 g/mol. The summed E-state index contributed by atoms with van der Waals surface area (Å²) < 4.78 is 11.1. The fourth-order valence-corrected chi connectivity index (χ4v) is 1.85. The number of benzene rings is 2. The molecule has 0 radical (unpaired) electrons. The monoisotopic (exact) mass is 242 g/mol. The molecule has 2 nitrogen and oxygen atoms in total. The molecule has 2 heteroatoms. The fraction of sp³-hybridized carbons (Fsp3) is 0.250. The number of aryl methyl sites for hydroxylation is 1. The van der Waals surface area contributed by atoms with Gasteiger partial charge in [0.2, 0.25) is 0 Å². The van der Waals surface area contributed by atoms with Crippen molar-refractivity contribution in [3.8, 4) is 11.5 Å². The highest BCUT2D eigenvalue weighted by atomic mass is 16.5. The topological polar surface area (TPSA) is 18.5 Å². The van der Waals surface area contributed by atoms with Gasteiger partial charge in [0.25, 0.3) is 0 Å². The standard InChI is InChI=1S/C16H18O2/c1-3-14-9-10-15(11-16(14)17-2)18-12-13-7-5-4-6-8-13/h4-11H,3,12H2,1-2H3. The predicted octanol–water partition coefficient (Wildman–Crippen LogP) is 3.84. The summed E-state index contributed by atoms with van der Waals surface area (Å²) in [6.07, 6.45) is 0.960. The third kappa shape index (κ3) is 3.04. The van der Waals surface area contributed by atoms with Gasteiger partial charge in [-0.2, -0.15) is 0 Å². The van der Waals surface area contributed by atoms with Crippen LogP contribution in [0.2, 0.25) is 0 Å². The van der Waals surface area contributed by atoms with Crippen LogP contribution in [-0.4, -0.2) is 7.11 Å². The quantitative estimate of drug-likeness (QED) is 0.793. The second kappa shape index (κ2) is 6.10. The Morgan fingerprint density at radius 2 is 1.78 bits per heavy atom. The molecule has 18 heavy (non-hydrogen) atoms. The van der Waals surface area contributed by atoms with Crippen LogP contribution in [0.5, 0.6) is 11.5 Å². The van der Waals surface area contributed by atoms with Gasteiger partial charge in [0.15, 0.2) is 0 Å². The van der Waals surface area contributed by atoms with Crippen molar-refractivity contribution in [3.63, 3.8) is 0 Å². The van der Waals surface area contributed by atoms with E-state index in [0.29, 0.717) is 6.61 Å². The molecule has 0 N–H and O–H groups in total. The van der Waals surface area contributed by atoms with Crippen molar-refractivity contribution in [2.24, 2.45) is 0 Å². The zero-order chi connectivity index (χ0) is 12.8. The molecule has 0 unspecified atom stereocenters. The van der Waals surface area contributed by atoms with Crippen molar-refractivity contribution in [1.29, 1.82) is 0 Å². The minimum atomic E-state index is 0.579. The summed E-state index contributed by atoms with van der Waals surface area (Å²) in [6.45, 7) is 2.69. The molecule has 0 aliphatic rings. The fourth-order valence-electron chi connectivity index (χ4n) is 1.85. The van der Waals surface area contributed by atoms with Crippen molar-refractivity contribution in [2.75, 3.05) is 7.11 Å². The summed E-state index contributed by atoms with van der Waals surface area (Å²) >= 11 is 0. The van der Waals surface area contributed by atoms with E-state index >= 15 is 0 Å². The molecule has 2 aromatic rings. The van der Waals surface area contributed by atoms with E-state index in [1.54, 1.807) is 7.11 Å².